The summed E-state index contributed by atoms with van der Waals surface area (Å²) in [6, 6.07) is 0. The van der Waals surface area contributed by atoms with E-state index in [1.54, 1.807) is 0 Å². The van der Waals surface area contributed by atoms with Crippen LogP contribution in [0.3, 0.4) is 0 Å². The Morgan fingerprint density at radius 3 is 0.636 bits per heavy atom. The van der Waals surface area contributed by atoms with E-state index in [1.807, 2.05) is 0 Å². The molecule has 0 aromatic heterocycles. The average Bonchev–Trinajstić information content (AvgIpc) is 2.69. The van der Waals surface area contributed by atoms with E-state index in [-0.39, 0.29) is 21.1 Å². The Bertz CT molecular complexity index is 362. The van der Waals surface area contributed by atoms with Crippen LogP contribution in [0.1, 0.15) is 130 Å². The molecule has 0 aromatic rings. The van der Waals surface area contributed by atoms with Gasteiger partial charge in [0.15, 0.2) is 0 Å². The first-order chi connectivity index (χ1) is 15.1. The van der Waals surface area contributed by atoms with E-state index >= 15 is 0 Å². The molecular weight excluding hydrogens is 611 g/mol. The molecular formula is C24H48O8Pt. The van der Waals surface area contributed by atoms with Crippen molar-refractivity contribution in [2.24, 2.45) is 0 Å². The number of hydrogen-bond acceptors (Lipinski definition) is 4. The van der Waals surface area contributed by atoms with Gasteiger partial charge in [-0.1, -0.05) is 79.1 Å². The van der Waals surface area contributed by atoms with Crippen molar-refractivity contribution in [2.45, 2.75) is 130 Å². The van der Waals surface area contributed by atoms with Gasteiger partial charge in [0.1, 0.15) is 0 Å². The fourth-order valence-electron chi connectivity index (χ4n) is 2.10. The number of aliphatic carboxylic acids is 4. The Morgan fingerprint density at radius 1 is 0.394 bits per heavy atom. The van der Waals surface area contributed by atoms with Gasteiger partial charge in [-0.3, -0.25) is 19.2 Å². The van der Waals surface area contributed by atoms with Crippen molar-refractivity contribution >= 4 is 23.9 Å². The number of rotatable bonds is 16. The molecule has 4 N–H and O–H groups in total. The van der Waals surface area contributed by atoms with Crippen LogP contribution in [0.25, 0.3) is 0 Å². The summed E-state index contributed by atoms with van der Waals surface area (Å²) in [5, 5.41) is 32.6. The van der Waals surface area contributed by atoms with Crippen LogP contribution in [0.15, 0.2) is 0 Å². The number of carboxylic acids is 4. The van der Waals surface area contributed by atoms with Gasteiger partial charge in [-0.05, 0) is 25.7 Å². The van der Waals surface area contributed by atoms with Gasteiger partial charge in [-0.15, -0.1) is 0 Å². The van der Waals surface area contributed by atoms with Crippen LogP contribution in [0.4, 0.5) is 0 Å². The van der Waals surface area contributed by atoms with Gasteiger partial charge in [-0.2, -0.15) is 0 Å². The Hall–Kier alpha value is -1.43. The molecule has 0 unspecified atom stereocenters. The minimum absolute atomic E-state index is 0. The van der Waals surface area contributed by atoms with Crippen molar-refractivity contribution in [3.05, 3.63) is 0 Å². The fraction of sp³-hybridized carbons (Fsp3) is 0.833. The molecule has 33 heavy (non-hydrogen) atoms. The maximum Gasteiger partial charge on any atom is 0.303 e. The summed E-state index contributed by atoms with van der Waals surface area (Å²) in [7, 11) is 0. The standard InChI is InChI=1S/4C6H12O2.Pt/c4*1-2-3-4-5-6(7)8;/h4*2-5H2,1H3,(H,7,8);. The van der Waals surface area contributed by atoms with Crippen molar-refractivity contribution in [1.82, 2.24) is 0 Å². The zero-order valence-corrected chi connectivity index (χ0v) is 23.3. The van der Waals surface area contributed by atoms with E-state index in [2.05, 4.69) is 27.7 Å². The molecule has 0 saturated carbocycles. The largest absolute Gasteiger partial charge is 0.481 e. The number of carbonyl (C=O) groups is 4. The van der Waals surface area contributed by atoms with Gasteiger partial charge in [-0.25, -0.2) is 0 Å². The Kier molecular flexibility index (Phi) is 47.9. The molecule has 0 rings (SSSR count). The molecule has 0 fully saturated rings. The molecule has 9 heteroatoms. The summed E-state index contributed by atoms with van der Waals surface area (Å²) in [5.41, 5.74) is 0. The Balaban J connectivity index is -0.000000105. The van der Waals surface area contributed by atoms with Crippen molar-refractivity contribution in [3.63, 3.8) is 0 Å². The molecule has 0 saturated heterocycles. The third-order valence-electron chi connectivity index (χ3n) is 3.98. The topological polar surface area (TPSA) is 149 Å². The van der Waals surface area contributed by atoms with Gasteiger partial charge in [0, 0.05) is 46.7 Å². The van der Waals surface area contributed by atoms with Crippen LogP contribution < -0.4 is 0 Å². The van der Waals surface area contributed by atoms with Gasteiger partial charge in [0.05, 0.1) is 0 Å². The maximum atomic E-state index is 9.87. The zero-order chi connectivity index (χ0) is 25.6. The number of carboxylic acid groups (broad SMARTS) is 4. The molecule has 0 atom stereocenters. The van der Waals surface area contributed by atoms with Crippen LogP contribution in [-0.2, 0) is 40.2 Å². The maximum absolute atomic E-state index is 9.87. The summed E-state index contributed by atoms with van der Waals surface area (Å²) < 4.78 is 0. The van der Waals surface area contributed by atoms with E-state index in [0.717, 1.165) is 77.0 Å². The molecule has 0 spiro atoms. The average molecular weight is 660 g/mol. The summed E-state index contributed by atoms with van der Waals surface area (Å²) in [6.07, 6.45) is 13.1. The van der Waals surface area contributed by atoms with Gasteiger partial charge in [0.25, 0.3) is 0 Å². The SMILES string of the molecule is CCCCCC(=O)O.CCCCCC(=O)O.CCCCCC(=O)O.CCCCCC(=O)O.[Pt]. The fourth-order valence-corrected chi connectivity index (χ4v) is 2.10. The van der Waals surface area contributed by atoms with Crippen LogP contribution in [-0.4, -0.2) is 44.3 Å². The minimum Gasteiger partial charge on any atom is -0.481 e. The molecule has 8 nitrogen and oxygen atoms in total. The summed E-state index contributed by atoms with van der Waals surface area (Å²) in [5.74, 6) is -2.73. The monoisotopic (exact) mass is 659 g/mol. The van der Waals surface area contributed by atoms with Crippen LogP contribution in [0, 0.1) is 0 Å². The predicted octanol–water partition coefficient (Wildman–Crippen LogP) is 6.60. The minimum atomic E-state index is -0.682. The second kappa shape index (κ2) is 37.9. The van der Waals surface area contributed by atoms with Gasteiger partial charge < -0.3 is 20.4 Å². The van der Waals surface area contributed by atoms with Crippen molar-refractivity contribution in [2.75, 3.05) is 0 Å². The zero-order valence-electron chi connectivity index (χ0n) is 21.1. The molecule has 202 valence electrons. The molecule has 0 amide bonds. The van der Waals surface area contributed by atoms with Crippen molar-refractivity contribution < 1.29 is 60.7 Å². The van der Waals surface area contributed by atoms with Crippen LogP contribution >= 0.6 is 0 Å². The molecule has 0 aliphatic heterocycles. The van der Waals surface area contributed by atoms with E-state index in [9.17, 15) is 19.2 Å². The first kappa shape index (κ1) is 41.8. The van der Waals surface area contributed by atoms with E-state index in [1.165, 1.54) is 0 Å². The Labute approximate surface area is 214 Å². The Morgan fingerprint density at radius 2 is 0.545 bits per heavy atom. The number of hydrogen-bond donors (Lipinski definition) is 4. The first-order valence-electron chi connectivity index (χ1n) is 12.0. The molecule has 0 aromatic carbocycles. The smallest absolute Gasteiger partial charge is 0.303 e. The molecule has 0 heterocycles. The molecule has 0 bridgehead atoms. The summed E-state index contributed by atoms with van der Waals surface area (Å²) in [6.45, 7) is 8.23. The van der Waals surface area contributed by atoms with Gasteiger partial charge >= 0.3 is 23.9 Å². The van der Waals surface area contributed by atoms with Crippen molar-refractivity contribution in [3.8, 4) is 0 Å². The molecule has 0 aliphatic rings. The third kappa shape index (κ3) is 72.4. The van der Waals surface area contributed by atoms with E-state index in [4.69, 9.17) is 20.4 Å². The molecule has 0 radical (unpaired) electrons. The first-order valence-corrected chi connectivity index (χ1v) is 12.0. The molecule has 0 aliphatic carbocycles. The third-order valence-corrected chi connectivity index (χ3v) is 3.98. The second-order valence-electron chi connectivity index (χ2n) is 7.40. The predicted molar refractivity (Wildman–Crippen MR) is 127 cm³/mol. The number of unbranched alkanes of at least 4 members (excludes halogenated alkanes) is 8. The van der Waals surface area contributed by atoms with Gasteiger partial charge in [0.2, 0.25) is 0 Å². The van der Waals surface area contributed by atoms with Crippen molar-refractivity contribution in [1.29, 1.82) is 0 Å². The van der Waals surface area contributed by atoms with Crippen LogP contribution in [0.2, 0.25) is 0 Å². The van der Waals surface area contributed by atoms with Crippen LogP contribution in [0.5, 0.6) is 0 Å². The summed E-state index contributed by atoms with van der Waals surface area (Å²) in [4.78, 5) is 39.5. The second-order valence-corrected chi connectivity index (χ2v) is 7.40. The quantitative estimate of drug-likeness (QED) is 0.135. The summed E-state index contributed by atoms with van der Waals surface area (Å²) >= 11 is 0. The van der Waals surface area contributed by atoms with E-state index < -0.39 is 23.9 Å². The van der Waals surface area contributed by atoms with E-state index in [0.29, 0.717) is 25.7 Å². The normalized spacial score (nSPS) is 8.85.